The average Bonchev–Trinajstić information content (AvgIpc) is 3.36. The first-order chi connectivity index (χ1) is 31.3. The summed E-state index contributed by atoms with van der Waals surface area (Å²) in [6, 6.07) is 27.0. The van der Waals surface area contributed by atoms with E-state index in [1.807, 2.05) is 85.2 Å². The number of pyridine rings is 2. The van der Waals surface area contributed by atoms with Gasteiger partial charge in [-0.25, -0.2) is 0 Å². The maximum absolute atomic E-state index is 15.1. The van der Waals surface area contributed by atoms with Crippen LogP contribution in [0.2, 0.25) is 0 Å². The Morgan fingerprint density at radius 3 is 1.45 bits per heavy atom. The van der Waals surface area contributed by atoms with Crippen LogP contribution in [0.4, 0.5) is 0 Å². The quantitative estimate of drug-likeness (QED) is 0.118. The molecule has 0 spiro atoms. The number of rotatable bonds is 12. The number of fused-ring (bicyclic) bond motifs is 10. The number of piperidine rings is 6. The van der Waals surface area contributed by atoms with Crippen molar-refractivity contribution in [3.05, 3.63) is 131 Å². The largest absolute Gasteiger partial charge is 0.497 e. The summed E-state index contributed by atoms with van der Waals surface area (Å²) in [5.41, 5.74) is 4.87. The van der Waals surface area contributed by atoms with Gasteiger partial charge in [0.05, 0.1) is 48.5 Å². The van der Waals surface area contributed by atoms with Gasteiger partial charge in [-0.05, 0) is 123 Å². The van der Waals surface area contributed by atoms with Crippen molar-refractivity contribution >= 4 is 33.4 Å². The molecule has 10 atom stereocenters. The van der Waals surface area contributed by atoms with Gasteiger partial charge in [0.25, 0.3) is 0 Å². The minimum absolute atomic E-state index is 0.0377. The van der Waals surface area contributed by atoms with Crippen molar-refractivity contribution in [1.82, 2.24) is 19.8 Å². The second kappa shape index (κ2) is 16.6. The number of ketones is 2. The predicted molar refractivity (Wildman–Crippen MR) is 247 cm³/mol. The number of carbonyl (C=O) groups is 2. The Morgan fingerprint density at radius 1 is 0.609 bits per heavy atom. The fraction of sp³-hybridized carbons (Fsp3) is 0.407. The molecule has 328 valence electrons. The van der Waals surface area contributed by atoms with Gasteiger partial charge in [-0.3, -0.25) is 29.4 Å². The summed E-state index contributed by atoms with van der Waals surface area (Å²) < 4.78 is 26.3. The topological polar surface area (TPSA) is 103 Å². The fourth-order valence-corrected chi connectivity index (χ4v) is 12.3. The van der Waals surface area contributed by atoms with Crippen LogP contribution in [0.15, 0.2) is 97.3 Å². The fourth-order valence-electron chi connectivity index (χ4n) is 12.3. The van der Waals surface area contributed by atoms with Crippen LogP contribution in [-0.2, 0) is 0 Å². The summed E-state index contributed by atoms with van der Waals surface area (Å²) in [6.07, 6.45) is 9.30. The minimum atomic E-state index is -0.475. The van der Waals surface area contributed by atoms with Crippen LogP contribution in [0, 0.1) is 23.7 Å². The van der Waals surface area contributed by atoms with Crippen LogP contribution in [0.5, 0.6) is 23.0 Å². The lowest BCUT2D eigenvalue weighted by Crippen LogP contribution is -2.56. The molecular weight excluding hydrogens is 801 g/mol. The standard InChI is InChI=1S/C54H56N4O6/c1-5-31-29-57-23-19-33(31)25-45(57)53(39-17-21-55-43-13-11-35(61-3)27-41(39)43)63-47-15-16-48(50-49(47)51(59)37-9-7-8-10-38(37)52(50)60)64-54(46-26-34-20-24-58(46)30-32(34)6-2)40-18-22-56-44-14-12-36(62-4)28-42(40)44/h7-18,21-22,27-28,31-34,45-46,53-54H,5-6,19-20,23-26,29-30H2,1-4H3. The SMILES string of the molecule is CCC1CN2CCC1CC2C(Oc1ccc(OC(c2ccnc3ccc(OC)cc23)C2CC3CCN2CC3CC)c2c1C(=O)c1ccccc1C2=O)c1ccnc2ccc(OC)cc12. The van der Waals surface area contributed by atoms with E-state index < -0.39 is 12.2 Å². The number of hydrogen-bond donors (Lipinski definition) is 0. The van der Waals surface area contributed by atoms with Gasteiger partial charge < -0.3 is 18.9 Å². The molecule has 10 nitrogen and oxygen atoms in total. The van der Waals surface area contributed by atoms with Crippen LogP contribution in [0.3, 0.4) is 0 Å². The molecule has 2 aromatic heterocycles. The predicted octanol–water partition coefficient (Wildman–Crippen LogP) is 10.1. The third-order valence-electron chi connectivity index (χ3n) is 15.7. The van der Waals surface area contributed by atoms with E-state index in [9.17, 15) is 0 Å². The zero-order chi connectivity index (χ0) is 43.6. The molecule has 7 aliphatic rings. The lowest BCUT2D eigenvalue weighted by Gasteiger charge is -2.52. The van der Waals surface area contributed by atoms with E-state index >= 15 is 9.59 Å². The van der Waals surface area contributed by atoms with Crippen LogP contribution in [0.25, 0.3) is 21.8 Å². The first kappa shape index (κ1) is 40.9. The van der Waals surface area contributed by atoms with Gasteiger partial charge in [0, 0.05) is 58.5 Å². The van der Waals surface area contributed by atoms with Gasteiger partial charge in [-0.1, -0.05) is 51.0 Å². The van der Waals surface area contributed by atoms with E-state index in [4.69, 9.17) is 28.9 Å². The first-order valence-electron chi connectivity index (χ1n) is 23.4. The van der Waals surface area contributed by atoms with E-state index in [0.717, 1.165) is 109 Å². The van der Waals surface area contributed by atoms with E-state index in [1.54, 1.807) is 26.4 Å². The number of nitrogens with zero attached hydrogens (tertiary/aromatic N) is 4. The molecule has 8 heterocycles. The lowest BCUT2D eigenvalue weighted by molar-refractivity contribution is -0.0493. The Labute approximate surface area is 374 Å². The van der Waals surface area contributed by atoms with Crippen molar-refractivity contribution in [1.29, 1.82) is 0 Å². The third kappa shape index (κ3) is 6.83. The third-order valence-corrected chi connectivity index (χ3v) is 15.7. The molecule has 4 bridgehead atoms. The molecule has 10 unspecified atom stereocenters. The van der Waals surface area contributed by atoms with Crippen molar-refractivity contribution in [2.75, 3.05) is 40.4 Å². The van der Waals surface area contributed by atoms with Crippen LogP contribution >= 0.6 is 0 Å². The zero-order valence-electron chi connectivity index (χ0n) is 37.2. The Kier molecular flexibility index (Phi) is 10.6. The summed E-state index contributed by atoms with van der Waals surface area (Å²) in [5, 5.41) is 1.88. The molecule has 6 aromatic rings. The maximum Gasteiger partial charge on any atom is 0.198 e. The normalized spacial score (nSPS) is 26.6. The Balaban J connectivity index is 1.07. The molecule has 0 N–H and O–H groups in total. The summed E-state index contributed by atoms with van der Waals surface area (Å²) in [5.74, 6) is 4.15. The number of benzene rings is 4. The summed E-state index contributed by atoms with van der Waals surface area (Å²) in [7, 11) is 3.35. The van der Waals surface area contributed by atoms with Gasteiger partial charge in [0.1, 0.15) is 35.2 Å². The number of carbonyl (C=O) groups excluding carboxylic acids is 2. The number of ether oxygens (including phenoxy) is 4. The molecule has 1 aliphatic carbocycles. The monoisotopic (exact) mass is 856 g/mol. The van der Waals surface area contributed by atoms with Gasteiger partial charge >= 0.3 is 0 Å². The molecule has 0 saturated carbocycles. The van der Waals surface area contributed by atoms with E-state index in [1.165, 1.54) is 0 Å². The molecule has 6 saturated heterocycles. The van der Waals surface area contributed by atoms with Crippen LogP contribution in [-0.4, -0.2) is 83.8 Å². The molecular formula is C54H56N4O6. The molecule has 0 radical (unpaired) electrons. The number of hydrogen-bond acceptors (Lipinski definition) is 10. The zero-order valence-corrected chi connectivity index (χ0v) is 37.2. The average molecular weight is 857 g/mol. The molecule has 6 aliphatic heterocycles. The van der Waals surface area contributed by atoms with Crippen molar-refractivity contribution in [3.63, 3.8) is 0 Å². The summed E-state index contributed by atoms with van der Waals surface area (Å²) >= 11 is 0. The minimum Gasteiger partial charge on any atom is -0.497 e. The molecule has 0 amide bonds. The molecule has 64 heavy (non-hydrogen) atoms. The van der Waals surface area contributed by atoms with E-state index in [0.29, 0.717) is 46.3 Å². The number of aromatic nitrogens is 2. The van der Waals surface area contributed by atoms with Gasteiger partial charge in [0.2, 0.25) is 0 Å². The van der Waals surface area contributed by atoms with E-state index in [2.05, 4.69) is 23.6 Å². The highest BCUT2D eigenvalue weighted by Gasteiger charge is 2.47. The van der Waals surface area contributed by atoms with Gasteiger partial charge in [-0.15, -0.1) is 0 Å². The lowest BCUT2D eigenvalue weighted by atomic mass is 9.72. The van der Waals surface area contributed by atoms with Crippen molar-refractivity contribution in [2.24, 2.45) is 23.7 Å². The Bertz CT molecular complexity index is 2600. The summed E-state index contributed by atoms with van der Waals surface area (Å²) in [6.45, 7) is 8.58. The maximum atomic E-state index is 15.1. The Morgan fingerprint density at radius 2 is 1.06 bits per heavy atom. The highest BCUT2D eigenvalue weighted by atomic mass is 16.5. The van der Waals surface area contributed by atoms with Gasteiger partial charge in [-0.2, -0.15) is 0 Å². The summed E-state index contributed by atoms with van der Waals surface area (Å²) in [4.78, 5) is 45.0. The smallest absolute Gasteiger partial charge is 0.198 e. The highest BCUT2D eigenvalue weighted by Crippen LogP contribution is 2.49. The van der Waals surface area contributed by atoms with Crippen LogP contribution in [0.1, 0.15) is 108 Å². The molecule has 4 aromatic carbocycles. The van der Waals surface area contributed by atoms with Gasteiger partial charge in [0.15, 0.2) is 11.6 Å². The highest BCUT2D eigenvalue weighted by molar-refractivity contribution is 6.30. The molecule has 6 fully saturated rings. The molecule has 13 rings (SSSR count). The second-order valence-electron chi connectivity index (χ2n) is 18.7. The van der Waals surface area contributed by atoms with E-state index in [-0.39, 0.29) is 34.8 Å². The second-order valence-corrected chi connectivity index (χ2v) is 18.7. The number of methoxy groups -OCH3 is 2. The first-order valence-corrected chi connectivity index (χ1v) is 23.4. The van der Waals surface area contributed by atoms with Crippen molar-refractivity contribution < 1.29 is 28.5 Å². The Hall–Kier alpha value is -5.84. The van der Waals surface area contributed by atoms with Crippen molar-refractivity contribution in [2.45, 2.75) is 76.7 Å². The molecule has 10 heteroatoms. The van der Waals surface area contributed by atoms with Crippen LogP contribution < -0.4 is 18.9 Å². The van der Waals surface area contributed by atoms with Crippen molar-refractivity contribution in [3.8, 4) is 23.0 Å².